The van der Waals surface area contributed by atoms with Crippen molar-refractivity contribution in [1.82, 2.24) is 14.8 Å². The SMILES string of the molecule is O=C1[C@@H]2[C@H](C(=O)N1c1ncn(Cc3ccccc3F)n1)[C@H]1CC[C@H]2O1. The Labute approximate surface area is 142 Å². The third-order valence-electron chi connectivity index (χ3n) is 5.30. The summed E-state index contributed by atoms with van der Waals surface area (Å²) in [6, 6.07) is 6.38. The fourth-order valence-corrected chi connectivity index (χ4v) is 4.17. The number of halogens is 1. The summed E-state index contributed by atoms with van der Waals surface area (Å²) in [5.74, 6) is -1.68. The zero-order chi connectivity index (χ0) is 17.1. The van der Waals surface area contributed by atoms with Gasteiger partial charge >= 0.3 is 0 Å². The van der Waals surface area contributed by atoms with E-state index in [4.69, 9.17) is 4.74 Å². The Balaban J connectivity index is 1.41. The highest BCUT2D eigenvalue weighted by Gasteiger charge is 2.63. The molecule has 25 heavy (non-hydrogen) atoms. The van der Waals surface area contributed by atoms with Crippen molar-refractivity contribution in [2.45, 2.75) is 31.6 Å². The number of anilines is 1. The van der Waals surface area contributed by atoms with E-state index < -0.39 is 11.8 Å². The number of amides is 2. The van der Waals surface area contributed by atoms with E-state index in [1.807, 2.05) is 0 Å². The minimum absolute atomic E-state index is 0.0557. The molecule has 3 saturated heterocycles. The van der Waals surface area contributed by atoms with E-state index in [1.165, 1.54) is 17.1 Å². The highest BCUT2D eigenvalue weighted by atomic mass is 19.1. The minimum atomic E-state index is -0.412. The highest BCUT2D eigenvalue weighted by molar-refractivity contribution is 6.21. The molecule has 5 rings (SSSR count). The van der Waals surface area contributed by atoms with Gasteiger partial charge in [0.15, 0.2) is 0 Å². The molecule has 0 saturated carbocycles. The van der Waals surface area contributed by atoms with Crippen molar-refractivity contribution >= 4 is 17.8 Å². The molecule has 1 aromatic carbocycles. The van der Waals surface area contributed by atoms with E-state index in [1.54, 1.807) is 18.2 Å². The average Bonchev–Trinajstić information content (AvgIpc) is 3.35. The molecule has 0 aliphatic carbocycles. The molecule has 3 aliphatic rings. The Hall–Kier alpha value is -2.61. The number of fused-ring (bicyclic) bond motifs is 5. The molecule has 3 fully saturated rings. The third-order valence-corrected chi connectivity index (χ3v) is 5.30. The smallest absolute Gasteiger partial charge is 0.258 e. The van der Waals surface area contributed by atoms with Crippen LogP contribution in [-0.4, -0.2) is 38.8 Å². The summed E-state index contributed by atoms with van der Waals surface area (Å²) < 4.78 is 20.9. The van der Waals surface area contributed by atoms with Crippen molar-refractivity contribution < 1.29 is 18.7 Å². The summed E-state index contributed by atoms with van der Waals surface area (Å²) in [6.45, 7) is 0.178. The first kappa shape index (κ1) is 14.7. The predicted molar refractivity (Wildman–Crippen MR) is 82.9 cm³/mol. The summed E-state index contributed by atoms with van der Waals surface area (Å²) in [5.41, 5.74) is 0.460. The van der Waals surface area contributed by atoms with Gasteiger partial charge in [0.2, 0.25) is 11.8 Å². The number of hydrogen-bond acceptors (Lipinski definition) is 5. The first-order chi connectivity index (χ1) is 12.1. The molecule has 2 aromatic rings. The molecule has 0 N–H and O–H groups in total. The fourth-order valence-electron chi connectivity index (χ4n) is 4.17. The molecule has 7 nitrogen and oxygen atoms in total. The van der Waals surface area contributed by atoms with Crippen LogP contribution >= 0.6 is 0 Å². The monoisotopic (exact) mass is 342 g/mol. The van der Waals surface area contributed by atoms with Crippen molar-refractivity contribution in [2.24, 2.45) is 11.8 Å². The summed E-state index contributed by atoms with van der Waals surface area (Å²) in [6.07, 6.45) is 2.69. The lowest BCUT2D eigenvalue weighted by molar-refractivity contribution is -0.124. The zero-order valence-electron chi connectivity index (χ0n) is 13.2. The lowest BCUT2D eigenvalue weighted by Gasteiger charge is -2.14. The lowest BCUT2D eigenvalue weighted by Crippen LogP contribution is -2.35. The van der Waals surface area contributed by atoms with Gasteiger partial charge in [-0.05, 0) is 18.9 Å². The van der Waals surface area contributed by atoms with E-state index in [0.29, 0.717) is 5.56 Å². The van der Waals surface area contributed by atoms with Crippen LogP contribution in [0.15, 0.2) is 30.6 Å². The number of carbonyl (C=O) groups excluding carboxylic acids is 2. The predicted octanol–water partition coefficient (Wildman–Crippen LogP) is 1.13. The number of nitrogens with zero attached hydrogens (tertiary/aromatic N) is 4. The van der Waals surface area contributed by atoms with E-state index in [-0.39, 0.29) is 42.3 Å². The van der Waals surface area contributed by atoms with Crippen molar-refractivity contribution in [3.05, 3.63) is 42.0 Å². The Morgan fingerprint density at radius 2 is 1.80 bits per heavy atom. The largest absolute Gasteiger partial charge is 0.373 e. The molecule has 0 spiro atoms. The molecule has 0 radical (unpaired) electrons. The topological polar surface area (TPSA) is 77.3 Å². The van der Waals surface area contributed by atoms with Crippen LogP contribution in [0.2, 0.25) is 0 Å². The molecule has 2 bridgehead atoms. The van der Waals surface area contributed by atoms with Crippen LogP contribution in [0.25, 0.3) is 0 Å². The molecule has 4 heterocycles. The number of rotatable bonds is 3. The number of ether oxygens (including phenoxy) is 1. The van der Waals surface area contributed by atoms with Gasteiger partial charge in [0.1, 0.15) is 12.1 Å². The van der Waals surface area contributed by atoms with Crippen molar-refractivity contribution in [1.29, 1.82) is 0 Å². The highest BCUT2D eigenvalue weighted by Crippen LogP contribution is 2.48. The molecular formula is C17H15FN4O3. The zero-order valence-corrected chi connectivity index (χ0v) is 13.2. The van der Waals surface area contributed by atoms with Gasteiger partial charge in [-0.1, -0.05) is 18.2 Å². The van der Waals surface area contributed by atoms with E-state index >= 15 is 0 Å². The maximum absolute atomic E-state index is 13.8. The summed E-state index contributed by atoms with van der Waals surface area (Å²) in [5, 5.41) is 4.21. The van der Waals surface area contributed by atoms with E-state index in [9.17, 15) is 14.0 Å². The third kappa shape index (κ3) is 2.07. The number of aromatic nitrogens is 3. The molecule has 8 heteroatoms. The lowest BCUT2D eigenvalue weighted by atomic mass is 9.81. The van der Waals surface area contributed by atoms with Crippen LogP contribution in [0.4, 0.5) is 10.3 Å². The number of hydrogen-bond donors (Lipinski definition) is 0. The van der Waals surface area contributed by atoms with Crippen molar-refractivity contribution in [3.8, 4) is 0 Å². The maximum Gasteiger partial charge on any atom is 0.258 e. The van der Waals surface area contributed by atoms with Crippen LogP contribution in [-0.2, 0) is 20.9 Å². The Morgan fingerprint density at radius 1 is 1.12 bits per heavy atom. The van der Waals surface area contributed by atoms with Crippen LogP contribution in [0.3, 0.4) is 0 Å². The molecule has 128 valence electrons. The molecule has 3 aliphatic heterocycles. The normalized spacial score (nSPS) is 30.4. The van der Waals surface area contributed by atoms with E-state index in [2.05, 4.69) is 10.1 Å². The van der Waals surface area contributed by atoms with Crippen LogP contribution in [0.5, 0.6) is 0 Å². The van der Waals surface area contributed by atoms with Gasteiger partial charge in [-0.15, -0.1) is 5.10 Å². The van der Waals surface area contributed by atoms with Crippen LogP contribution < -0.4 is 4.90 Å². The number of carbonyl (C=O) groups is 2. The Morgan fingerprint density at radius 3 is 2.48 bits per heavy atom. The molecule has 1 aromatic heterocycles. The van der Waals surface area contributed by atoms with Crippen molar-refractivity contribution in [2.75, 3.05) is 4.90 Å². The van der Waals surface area contributed by atoms with Gasteiger partial charge in [0, 0.05) is 5.56 Å². The summed E-state index contributed by atoms with van der Waals surface area (Å²) in [7, 11) is 0. The first-order valence-corrected chi connectivity index (χ1v) is 8.29. The maximum atomic E-state index is 13.8. The van der Waals surface area contributed by atoms with Crippen LogP contribution in [0, 0.1) is 17.7 Å². The second kappa shape index (κ2) is 5.19. The Kier molecular flexibility index (Phi) is 3.05. The minimum Gasteiger partial charge on any atom is -0.373 e. The van der Waals surface area contributed by atoms with Crippen LogP contribution in [0.1, 0.15) is 18.4 Å². The Bertz CT molecular complexity index is 854. The van der Waals surface area contributed by atoms with Gasteiger partial charge in [-0.2, -0.15) is 4.98 Å². The van der Waals surface area contributed by atoms with Crippen molar-refractivity contribution in [3.63, 3.8) is 0 Å². The van der Waals surface area contributed by atoms with Gasteiger partial charge < -0.3 is 4.74 Å². The van der Waals surface area contributed by atoms with E-state index in [0.717, 1.165) is 17.7 Å². The quantitative estimate of drug-likeness (QED) is 0.782. The van der Waals surface area contributed by atoms with Gasteiger partial charge in [0.05, 0.1) is 30.6 Å². The summed E-state index contributed by atoms with van der Waals surface area (Å²) in [4.78, 5) is 30.5. The average molecular weight is 342 g/mol. The van der Waals surface area contributed by atoms with Gasteiger partial charge in [0.25, 0.3) is 5.95 Å². The molecule has 2 amide bonds. The second-order valence-electron chi connectivity index (χ2n) is 6.69. The first-order valence-electron chi connectivity index (χ1n) is 8.29. The summed E-state index contributed by atoms with van der Waals surface area (Å²) >= 11 is 0. The van der Waals surface area contributed by atoms with Gasteiger partial charge in [-0.25, -0.2) is 14.0 Å². The number of benzene rings is 1. The van der Waals surface area contributed by atoms with Gasteiger partial charge in [-0.3, -0.25) is 9.59 Å². The fraction of sp³-hybridized carbons (Fsp3) is 0.412. The second-order valence-corrected chi connectivity index (χ2v) is 6.69. The molecule has 0 unspecified atom stereocenters. The standard InChI is InChI=1S/C17H15FN4O3/c18-10-4-2-1-3-9(10)7-21-8-19-17(20-21)22-15(23)13-11-5-6-12(25-11)14(13)16(22)24/h1-4,8,11-14H,5-7H2/t11-,12-,13-,14+/m1/s1. The molecule has 4 atom stereocenters. The molecular weight excluding hydrogens is 327 g/mol. The number of imide groups is 1.